The quantitative estimate of drug-likeness (QED) is 0.837. The van der Waals surface area contributed by atoms with E-state index in [9.17, 15) is 5.11 Å². The van der Waals surface area contributed by atoms with Crippen molar-refractivity contribution in [3.8, 4) is 0 Å². The Hall–Kier alpha value is -0.900. The highest BCUT2D eigenvalue weighted by Gasteiger charge is 2.40. The first kappa shape index (κ1) is 12.2. The normalized spacial score (nSPS) is 22.9. The Bertz CT molecular complexity index is 409. The van der Waals surface area contributed by atoms with E-state index in [1.165, 1.54) is 11.1 Å². The van der Waals surface area contributed by atoms with Gasteiger partial charge in [0, 0.05) is 39.1 Å². The summed E-state index contributed by atoms with van der Waals surface area (Å²) in [6.07, 6.45) is 2.76. The van der Waals surface area contributed by atoms with E-state index < -0.39 is 0 Å². The van der Waals surface area contributed by atoms with Crippen molar-refractivity contribution in [2.75, 3.05) is 26.2 Å². The molecule has 18 heavy (non-hydrogen) atoms. The molecule has 1 aromatic rings. The molecule has 0 atom stereocenters. The Kier molecular flexibility index (Phi) is 3.37. The third-order valence-corrected chi connectivity index (χ3v) is 3.97. The standard InChI is InChI=1S/C15H22N2O/c18-15(4-5-15)11-13-2-1-3-14(10-13)12-17-8-6-16-7-9-17/h1-3,10,16,18H,4-9,11-12H2. The molecule has 0 bridgehead atoms. The lowest BCUT2D eigenvalue weighted by Crippen LogP contribution is -2.42. The van der Waals surface area contributed by atoms with Gasteiger partial charge in [0.05, 0.1) is 5.60 Å². The second-order valence-electron chi connectivity index (χ2n) is 5.75. The highest BCUT2D eigenvalue weighted by Crippen LogP contribution is 2.38. The molecule has 1 aromatic carbocycles. The van der Waals surface area contributed by atoms with Crippen LogP contribution in [0.3, 0.4) is 0 Å². The van der Waals surface area contributed by atoms with Crippen molar-refractivity contribution in [2.24, 2.45) is 0 Å². The third-order valence-electron chi connectivity index (χ3n) is 3.97. The number of hydrogen-bond donors (Lipinski definition) is 2. The zero-order chi connectivity index (χ0) is 12.4. The first-order valence-electron chi connectivity index (χ1n) is 6.97. The smallest absolute Gasteiger partial charge is 0.0690 e. The molecular formula is C15H22N2O. The van der Waals surface area contributed by atoms with Crippen molar-refractivity contribution < 1.29 is 5.11 Å². The van der Waals surface area contributed by atoms with Gasteiger partial charge in [-0.1, -0.05) is 24.3 Å². The highest BCUT2D eigenvalue weighted by atomic mass is 16.3. The molecule has 0 radical (unpaired) electrons. The molecule has 2 aliphatic rings. The average molecular weight is 246 g/mol. The maximum atomic E-state index is 9.98. The lowest BCUT2D eigenvalue weighted by molar-refractivity contribution is 0.151. The number of piperazine rings is 1. The SMILES string of the molecule is OC1(Cc2cccc(CN3CCNCC3)c2)CC1. The van der Waals surface area contributed by atoms with Crippen LogP contribution in [0, 0.1) is 0 Å². The van der Waals surface area contributed by atoms with Crippen molar-refractivity contribution in [3.63, 3.8) is 0 Å². The van der Waals surface area contributed by atoms with Gasteiger partial charge in [0.25, 0.3) is 0 Å². The fourth-order valence-electron chi connectivity index (χ4n) is 2.67. The number of benzene rings is 1. The van der Waals surface area contributed by atoms with Crippen molar-refractivity contribution >= 4 is 0 Å². The monoisotopic (exact) mass is 246 g/mol. The predicted molar refractivity (Wildman–Crippen MR) is 72.5 cm³/mol. The minimum atomic E-state index is -0.381. The van der Waals surface area contributed by atoms with E-state index in [2.05, 4.69) is 34.5 Å². The predicted octanol–water partition coefficient (Wildman–Crippen LogP) is 1.16. The van der Waals surface area contributed by atoms with Crippen LogP contribution in [0.1, 0.15) is 24.0 Å². The minimum absolute atomic E-state index is 0.381. The molecule has 1 aliphatic heterocycles. The van der Waals surface area contributed by atoms with Crippen LogP contribution in [0.4, 0.5) is 0 Å². The summed E-state index contributed by atoms with van der Waals surface area (Å²) in [6, 6.07) is 8.72. The van der Waals surface area contributed by atoms with Gasteiger partial charge in [0.15, 0.2) is 0 Å². The van der Waals surface area contributed by atoms with E-state index in [1.807, 2.05) is 0 Å². The molecule has 1 heterocycles. The second-order valence-corrected chi connectivity index (χ2v) is 5.75. The van der Waals surface area contributed by atoms with Crippen LogP contribution in [0.25, 0.3) is 0 Å². The van der Waals surface area contributed by atoms with E-state index in [1.54, 1.807) is 0 Å². The summed E-state index contributed by atoms with van der Waals surface area (Å²) in [5, 5.41) is 13.4. The van der Waals surface area contributed by atoms with Crippen LogP contribution in [0.2, 0.25) is 0 Å². The Morgan fingerprint density at radius 1 is 1.17 bits per heavy atom. The molecule has 2 fully saturated rings. The van der Waals surface area contributed by atoms with Gasteiger partial charge >= 0.3 is 0 Å². The highest BCUT2D eigenvalue weighted by molar-refractivity contribution is 5.26. The fraction of sp³-hybridized carbons (Fsp3) is 0.600. The zero-order valence-electron chi connectivity index (χ0n) is 10.9. The first-order chi connectivity index (χ1) is 8.73. The molecule has 0 spiro atoms. The van der Waals surface area contributed by atoms with E-state index in [0.717, 1.165) is 52.0 Å². The Morgan fingerprint density at radius 3 is 2.61 bits per heavy atom. The van der Waals surface area contributed by atoms with Gasteiger partial charge in [-0.3, -0.25) is 4.90 Å². The number of rotatable bonds is 4. The van der Waals surface area contributed by atoms with Crippen molar-refractivity contribution in [1.29, 1.82) is 0 Å². The lowest BCUT2D eigenvalue weighted by Gasteiger charge is -2.27. The molecule has 1 saturated heterocycles. The molecule has 0 unspecified atom stereocenters. The number of hydrogen-bond acceptors (Lipinski definition) is 3. The van der Waals surface area contributed by atoms with E-state index in [0.29, 0.717) is 0 Å². The molecular weight excluding hydrogens is 224 g/mol. The van der Waals surface area contributed by atoms with Gasteiger partial charge in [0.1, 0.15) is 0 Å². The molecule has 3 rings (SSSR count). The molecule has 0 amide bonds. The van der Waals surface area contributed by atoms with Crippen LogP contribution in [-0.2, 0) is 13.0 Å². The summed E-state index contributed by atoms with van der Waals surface area (Å²) in [5.74, 6) is 0. The van der Waals surface area contributed by atoms with Crippen molar-refractivity contribution in [3.05, 3.63) is 35.4 Å². The van der Waals surface area contributed by atoms with Gasteiger partial charge in [-0.15, -0.1) is 0 Å². The fourth-order valence-corrected chi connectivity index (χ4v) is 2.67. The Balaban J connectivity index is 1.62. The third kappa shape index (κ3) is 3.10. The van der Waals surface area contributed by atoms with Gasteiger partial charge in [0.2, 0.25) is 0 Å². The van der Waals surface area contributed by atoms with Crippen molar-refractivity contribution in [1.82, 2.24) is 10.2 Å². The minimum Gasteiger partial charge on any atom is -0.390 e. The number of nitrogens with one attached hydrogen (secondary N) is 1. The largest absolute Gasteiger partial charge is 0.390 e. The summed E-state index contributed by atoms with van der Waals surface area (Å²) in [5.41, 5.74) is 2.27. The molecule has 2 N–H and O–H groups in total. The van der Waals surface area contributed by atoms with Gasteiger partial charge in [-0.05, 0) is 24.0 Å². The maximum absolute atomic E-state index is 9.98. The van der Waals surface area contributed by atoms with E-state index in [4.69, 9.17) is 0 Å². The molecule has 3 nitrogen and oxygen atoms in total. The summed E-state index contributed by atoms with van der Waals surface area (Å²) < 4.78 is 0. The van der Waals surface area contributed by atoms with Crippen molar-refractivity contribution in [2.45, 2.75) is 31.4 Å². The van der Waals surface area contributed by atoms with Crippen LogP contribution < -0.4 is 5.32 Å². The summed E-state index contributed by atoms with van der Waals surface area (Å²) in [7, 11) is 0. The Labute approximate surface area is 109 Å². The second kappa shape index (κ2) is 5.00. The molecule has 1 saturated carbocycles. The van der Waals surface area contributed by atoms with Crippen LogP contribution in [0.15, 0.2) is 24.3 Å². The van der Waals surface area contributed by atoms with Crippen LogP contribution in [0.5, 0.6) is 0 Å². The van der Waals surface area contributed by atoms with E-state index in [-0.39, 0.29) is 5.60 Å². The Morgan fingerprint density at radius 2 is 1.89 bits per heavy atom. The topological polar surface area (TPSA) is 35.5 Å². The number of nitrogens with zero attached hydrogens (tertiary/aromatic N) is 1. The first-order valence-corrected chi connectivity index (χ1v) is 6.97. The van der Waals surface area contributed by atoms with Gasteiger partial charge in [-0.2, -0.15) is 0 Å². The molecule has 0 aromatic heterocycles. The average Bonchev–Trinajstić information content (AvgIpc) is 3.08. The van der Waals surface area contributed by atoms with Gasteiger partial charge < -0.3 is 10.4 Å². The summed E-state index contributed by atoms with van der Waals surface area (Å²) in [6.45, 7) is 5.50. The molecule has 1 aliphatic carbocycles. The number of aliphatic hydroxyl groups is 1. The van der Waals surface area contributed by atoms with Crippen LogP contribution in [-0.4, -0.2) is 41.8 Å². The molecule has 3 heteroatoms. The van der Waals surface area contributed by atoms with Gasteiger partial charge in [-0.25, -0.2) is 0 Å². The van der Waals surface area contributed by atoms with E-state index >= 15 is 0 Å². The molecule has 98 valence electrons. The lowest BCUT2D eigenvalue weighted by atomic mass is 10.0. The summed E-state index contributed by atoms with van der Waals surface area (Å²) in [4.78, 5) is 2.49. The maximum Gasteiger partial charge on any atom is 0.0690 e. The zero-order valence-corrected chi connectivity index (χ0v) is 10.9. The summed E-state index contributed by atoms with van der Waals surface area (Å²) >= 11 is 0. The van der Waals surface area contributed by atoms with Crippen LogP contribution >= 0.6 is 0 Å².